The van der Waals surface area contributed by atoms with Gasteiger partial charge in [0, 0.05) is 10.6 Å². The Morgan fingerprint density at radius 2 is 1.65 bits per heavy atom. The fourth-order valence-electron chi connectivity index (χ4n) is 1.92. The summed E-state index contributed by atoms with van der Waals surface area (Å²) in [7, 11) is 0. The molecule has 0 fully saturated rings. The van der Waals surface area contributed by atoms with E-state index in [2.05, 4.69) is 5.32 Å². The molecule has 0 aliphatic carbocycles. The first-order chi connectivity index (χ1) is 11.0. The van der Waals surface area contributed by atoms with Crippen LogP contribution in [0.15, 0.2) is 48.5 Å². The molecule has 0 unspecified atom stereocenters. The number of carbonyl (C=O) groups excluding carboxylic acids is 1. The fraction of sp³-hybridized carbons (Fsp3) is 0.278. The van der Waals surface area contributed by atoms with E-state index in [9.17, 15) is 4.79 Å². The van der Waals surface area contributed by atoms with Gasteiger partial charge in [-0.25, -0.2) is 0 Å². The van der Waals surface area contributed by atoms with E-state index in [0.717, 1.165) is 11.5 Å². The number of amides is 1. The van der Waals surface area contributed by atoms with Crippen LogP contribution in [0.3, 0.4) is 0 Å². The zero-order valence-corrected chi connectivity index (χ0v) is 14.0. The molecule has 23 heavy (non-hydrogen) atoms. The Kier molecular flexibility index (Phi) is 6.29. The van der Waals surface area contributed by atoms with Crippen molar-refractivity contribution in [2.75, 3.05) is 13.2 Å². The Balaban J connectivity index is 1.75. The smallest absolute Gasteiger partial charge is 0.251 e. The zero-order chi connectivity index (χ0) is 16.7. The van der Waals surface area contributed by atoms with Gasteiger partial charge in [0.1, 0.15) is 18.1 Å². The van der Waals surface area contributed by atoms with Gasteiger partial charge in [-0.05, 0) is 62.4 Å². The maximum atomic E-state index is 12.0. The Morgan fingerprint density at radius 1 is 1.04 bits per heavy atom. The van der Waals surface area contributed by atoms with Crippen LogP contribution in [0.5, 0.6) is 11.5 Å². The van der Waals surface area contributed by atoms with Crippen LogP contribution < -0.4 is 14.8 Å². The summed E-state index contributed by atoms with van der Waals surface area (Å²) in [5.74, 6) is 1.34. The maximum absolute atomic E-state index is 12.0. The number of halogens is 1. The summed E-state index contributed by atoms with van der Waals surface area (Å²) in [6.07, 6.45) is 0.111. The van der Waals surface area contributed by atoms with E-state index in [0.29, 0.717) is 23.7 Å². The molecule has 0 radical (unpaired) electrons. The minimum Gasteiger partial charge on any atom is -0.492 e. The fourth-order valence-corrected chi connectivity index (χ4v) is 2.05. The molecule has 1 amide bonds. The van der Waals surface area contributed by atoms with Gasteiger partial charge >= 0.3 is 0 Å². The Labute approximate surface area is 141 Å². The van der Waals surface area contributed by atoms with E-state index in [1.54, 1.807) is 48.5 Å². The quantitative estimate of drug-likeness (QED) is 0.781. The summed E-state index contributed by atoms with van der Waals surface area (Å²) >= 11 is 5.80. The molecular weight excluding hydrogens is 314 g/mol. The molecule has 0 bridgehead atoms. The molecule has 0 saturated carbocycles. The largest absolute Gasteiger partial charge is 0.492 e. The van der Waals surface area contributed by atoms with E-state index in [-0.39, 0.29) is 12.0 Å². The van der Waals surface area contributed by atoms with Crippen LogP contribution in [0.2, 0.25) is 5.02 Å². The van der Waals surface area contributed by atoms with Gasteiger partial charge in [-0.2, -0.15) is 0 Å². The molecule has 5 heteroatoms. The topological polar surface area (TPSA) is 47.6 Å². The monoisotopic (exact) mass is 333 g/mol. The number of rotatable bonds is 7. The Hall–Kier alpha value is -2.20. The van der Waals surface area contributed by atoms with Crippen LogP contribution in [-0.2, 0) is 0 Å². The highest BCUT2D eigenvalue weighted by Crippen LogP contribution is 2.15. The number of nitrogens with one attached hydrogen (secondary N) is 1. The number of benzene rings is 2. The number of hydrogen-bond donors (Lipinski definition) is 1. The van der Waals surface area contributed by atoms with Crippen molar-refractivity contribution in [3.8, 4) is 11.5 Å². The summed E-state index contributed by atoms with van der Waals surface area (Å²) in [4.78, 5) is 12.0. The maximum Gasteiger partial charge on any atom is 0.251 e. The lowest BCUT2D eigenvalue weighted by Crippen LogP contribution is -2.28. The molecule has 0 atom stereocenters. The van der Waals surface area contributed by atoms with Crippen molar-refractivity contribution in [2.24, 2.45) is 0 Å². The lowest BCUT2D eigenvalue weighted by Gasteiger charge is -2.10. The highest BCUT2D eigenvalue weighted by Gasteiger charge is 2.05. The third-order valence-corrected chi connectivity index (χ3v) is 3.21. The van der Waals surface area contributed by atoms with Crippen molar-refractivity contribution < 1.29 is 14.3 Å². The molecule has 0 spiro atoms. The summed E-state index contributed by atoms with van der Waals surface area (Å²) in [5, 5.41) is 3.47. The molecular formula is C18H20ClNO3. The lowest BCUT2D eigenvalue weighted by atomic mass is 10.2. The summed E-state index contributed by atoms with van der Waals surface area (Å²) in [6, 6.07) is 14.2. The second-order valence-electron chi connectivity index (χ2n) is 5.25. The van der Waals surface area contributed by atoms with Crippen LogP contribution in [0.4, 0.5) is 0 Å². The average molecular weight is 334 g/mol. The molecule has 0 heterocycles. The highest BCUT2D eigenvalue weighted by molar-refractivity contribution is 6.30. The van der Waals surface area contributed by atoms with E-state index in [4.69, 9.17) is 21.1 Å². The molecule has 0 aromatic heterocycles. The van der Waals surface area contributed by atoms with Gasteiger partial charge in [-0.15, -0.1) is 0 Å². The molecule has 2 aromatic carbocycles. The predicted molar refractivity (Wildman–Crippen MR) is 91.5 cm³/mol. The SMILES string of the molecule is CC(C)Oc1ccc(C(=O)NCCOc2ccc(Cl)cc2)cc1. The van der Waals surface area contributed by atoms with Crippen molar-refractivity contribution in [3.05, 3.63) is 59.1 Å². The Morgan fingerprint density at radius 3 is 2.26 bits per heavy atom. The van der Waals surface area contributed by atoms with Crippen molar-refractivity contribution in [2.45, 2.75) is 20.0 Å². The average Bonchev–Trinajstić information content (AvgIpc) is 2.53. The third-order valence-electron chi connectivity index (χ3n) is 2.96. The van der Waals surface area contributed by atoms with Crippen molar-refractivity contribution in [1.82, 2.24) is 5.32 Å². The van der Waals surface area contributed by atoms with Gasteiger partial charge in [0.05, 0.1) is 12.6 Å². The molecule has 122 valence electrons. The predicted octanol–water partition coefficient (Wildman–Crippen LogP) is 3.94. The molecule has 1 N–H and O–H groups in total. The summed E-state index contributed by atoms with van der Waals surface area (Å²) < 4.78 is 11.1. The minimum absolute atomic E-state index is 0.111. The first-order valence-electron chi connectivity index (χ1n) is 7.48. The van der Waals surface area contributed by atoms with Gasteiger partial charge in [0.25, 0.3) is 5.91 Å². The Bertz CT molecular complexity index is 624. The summed E-state index contributed by atoms with van der Waals surface area (Å²) in [6.45, 7) is 4.73. The van der Waals surface area contributed by atoms with Crippen LogP contribution in [0.25, 0.3) is 0 Å². The van der Waals surface area contributed by atoms with Crippen LogP contribution in [0, 0.1) is 0 Å². The molecule has 0 saturated heterocycles. The minimum atomic E-state index is -0.138. The second kappa shape index (κ2) is 8.44. The normalized spacial score (nSPS) is 10.4. The highest BCUT2D eigenvalue weighted by atomic mass is 35.5. The number of carbonyl (C=O) groups is 1. The molecule has 2 rings (SSSR count). The first-order valence-corrected chi connectivity index (χ1v) is 7.85. The van der Waals surface area contributed by atoms with Crippen molar-refractivity contribution >= 4 is 17.5 Å². The van der Waals surface area contributed by atoms with Crippen LogP contribution in [0.1, 0.15) is 24.2 Å². The zero-order valence-electron chi connectivity index (χ0n) is 13.2. The molecule has 0 aliphatic heterocycles. The second-order valence-corrected chi connectivity index (χ2v) is 5.69. The van der Waals surface area contributed by atoms with E-state index >= 15 is 0 Å². The van der Waals surface area contributed by atoms with Gasteiger partial charge in [0.15, 0.2) is 0 Å². The molecule has 2 aromatic rings. The van der Waals surface area contributed by atoms with Gasteiger partial charge in [-0.1, -0.05) is 11.6 Å². The third kappa shape index (κ3) is 5.83. The summed E-state index contributed by atoms with van der Waals surface area (Å²) in [5.41, 5.74) is 0.590. The van der Waals surface area contributed by atoms with Gasteiger partial charge < -0.3 is 14.8 Å². The number of hydrogen-bond acceptors (Lipinski definition) is 3. The van der Waals surface area contributed by atoms with Crippen LogP contribution >= 0.6 is 11.6 Å². The van der Waals surface area contributed by atoms with E-state index in [1.807, 2.05) is 13.8 Å². The van der Waals surface area contributed by atoms with Gasteiger partial charge in [0.2, 0.25) is 0 Å². The standard InChI is InChI=1S/C18H20ClNO3/c1-13(2)23-17-7-3-14(4-8-17)18(21)20-11-12-22-16-9-5-15(19)6-10-16/h3-10,13H,11-12H2,1-2H3,(H,20,21). The van der Waals surface area contributed by atoms with Crippen molar-refractivity contribution in [1.29, 1.82) is 0 Å². The van der Waals surface area contributed by atoms with Crippen LogP contribution in [-0.4, -0.2) is 25.2 Å². The van der Waals surface area contributed by atoms with Crippen molar-refractivity contribution in [3.63, 3.8) is 0 Å². The van der Waals surface area contributed by atoms with E-state index in [1.165, 1.54) is 0 Å². The van der Waals surface area contributed by atoms with E-state index < -0.39 is 0 Å². The lowest BCUT2D eigenvalue weighted by molar-refractivity contribution is 0.0947. The number of ether oxygens (including phenoxy) is 2. The molecule has 0 aliphatic rings. The van der Waals surface area contributed by atoms with Gasteiger partial charge in [-0.3, -0.25) is 4.79 Å². The molecule has 4 nitrogen and oxygen atoms in total. The first kappa shape index (κ1) is 17.2.